The maximum atomic E-state index is 12.1. The van der Waals surface area contributed by atoms with Gasteiger partial charge in [0, 0.05) is 6.07 Å². The lowest BCUT2D eigenvalue weighted by molar-refractivity contribution is 0.0692. The molecule has 1 aromatic rings. The van der Waals surface area contributed by atoms with Gasteiger partial charge in [0.15, 0.2) is 21.3 Å². The summed E-state index contributed by atoms with van der Waals surface area (Å²) >= 11 is 0. The van der Waals surface area contributed by atoms with E-state index in [1.165, 1.54) is 34.1 Å². The maximum absolute atomic E-state index is 12.1. The van der Waals surface area contributed by atoms with E-state index in [0.29, 0.717) is 0 Å². The van der Waals surface area contributed by atoms with Gasteiger partial charge in [-0.3, -0.25) is 0 Å². The highest BCUT2D eigenvalue weighted by molar-refractivity contribution is 7.92. The van der Waals surface area contributed by atoms with Crippen LogP contribution in [0.5, 0.6) is 11.5 Å². The number of benzene rings is 1. The zero-order chi connectivity index (χ0) is 14.8. The lowest BCUT2D eigenvalue weighted by Gasteiger charge is -2.14. The van der Waals surface area contributed by atoms with Crippen LogP contribution in [-0.4, -0.2) is 39.0 Å². The summed E-state index contributed by atoms with van der Waals surface area (Å²) in [5.74, 6) is -1.21. The van der Waals surface area contributed by atoms with E-state index in [1.54, 1.807) is 0 Å². The van der Waals surface area contributed by atoms with Crippen molar-refractivity contribution >= 4 is 15.8 Å². The number of ether oxygens (including phenoxy) is 2. The number of carboxylic acid groups (broad SMARTS) is 1. The minimum Gasteiger partial charge on any atom is -0.493 e. The summed E-state index contributed by atoms with van der Waals surface area (Å²) in [5, 5.41) is 8.46. The first-order chi connectivity index (χ1) is 8.75. The van der Waals surface area contributed by atoms with Crippen LogP contribution in [-0.2, 0) is 9.84 Å². The molecular weight excluding hydrogens is 272 g/mol. The molecule has 0 bridgehead atoms. The third-order valence-electron chi connectivity index (χ3n) is 2.63. The van der Waals surface area contributed by atoms with Crippen molar-refractivity contribution in [2.24, 2.45) is 0 Å². The van der Waals surface area contributed by atoms with Crippen molar-refractivity contribution in [2.75, 3.05) is 14.2 Å². The van der Waals surface area contributed by atoms with E-state index in [9.17, 15) is 13.2 Å². The molecule has 0 saturated carbocycles. The quantitative estimate of drug-likeness (QED) is 0.884. The van der Waals surface area contributed by atoms with Crippen LogP contribution in [0.4, 0.5) is 0 Å². The number of methoxy groups -OCH3 is 2. The normalized spacial score (nSPS) is 11.4. The van der Waals surface area contributed by atoms with Crippen molar-refractivity contribution in [2.45, 2.75) is 24.0 Å². The lowest BCUT2D eigenvalue weighted by Crippen LogP contribution is -2.15. The Balaban J connectivity index is 3.64. The SMILES string of the molecule is COc1cc(S(=O)(=O)C(C)C)cc(C(=O)O)c1OC. The molecule has 0 aliphatic heterocycles. The van der Waals surface area contributed by atoms with Gasteiger partial charge in [-0.25, -0.2) is 13.2 Å². The molecule has 0 fully saturated rings. The third kappa shape index (κ3) is 2.81. The summed E-state index contributed by atoms with van der Waals surface area (Å²) in [6, 6.07) is 2.35. The summed E-state index contributed by atoms with van der Waals surface area (Å²) in [5.41, 5.74) is -0.249. The third-order valence-corrected chi connectivity index (χ3v) is 4.77. The molecule has 1 aromatic carbocycles. The molecule has 1 rings (SSSR count). The highest BCUT2D eigenvalue weighted by atomic mass is 32.2. The van der Waals surface area contributed by atoms with E-state index in [-0.39, 0.29) is 22.0 Å². The molecule has 106 valence electrons. The Morgan fingerprint density at radius 3 is 2.16 bits per heavy atom. The minimum atomic E-state index is -3.59. The van der Waals surface area contributed by atoms with E-state index in [2.05, 4.69) is 0 Å². The van der Waals surface area contributed by atoms with Crippen molar-refractivity contribution < 1.29 is 27.8 Å². The van der Waals surface area contributed by atoms with Gasteiger partial charge < -0.3 is 14.6 Å². The first-order valence-corrected chi connectivity index (χ1v) is 7.03. The van der Waals surface area contributed by atoms with Crippen LogP contribution < -0.4 is 9.47 Å². The van der Waals surface area contributed by atoms with Crippen molar-refractivity contribution in [3.8, 4) is 11.5 Å². The molecule has 1 N–H and O–H groups in total. The summed E-state index contributed by atoms with van der Waals surface area (Å²) < 4.78 is 34.1. The first-order valence-electron chi connectivity index (χ1n) is 5.49. The Hall–Kier alpha value is -1.76. The number of carbonyl (C=O) groups is 1. The van der Waals surface area contributed by atoms with Gasteiger partial charge in [-0.2, -0.15) is 0 Å². The van der Waals surface area contributed by atoms with Crippen molar-refractivity contribution in [3.63, 3.8) is 0 Å². The number of aromatic carboxylic acids is 1. The lowest BCUT2D eigenvalue weighted by atomic mass is 10.2. The molecule has 0 unspecified atom stereocenters. The van der Waals surface area contributed by atoms with Crippen LogP contribution in [0.1, 0.15) is 24.2 Å². The van der Waals surface area contributed by atoms with Gasteiger partial charge >= 0.3 is 5.97 Å². The van der Waals surface area contributed by atoms with Gasteiger partial charge in [0.05, 0.1) is 24.4 Å². The molecule has 6 nitrogen and oxygen atoms in total. The Morgan fingerprint density at radius 1 is 1.21 bits per heavy atom. The number of sulfone groups is 1. The zero-order valence-corrected chi connectivity index (χ0v) is 11.9. The number of hydrogen-bond acceptors (Lipinski definition) is 5. The van der Waals surface area contributed by atoms with Gasteiger partial charge in [0.2, 0.25) is 0 Å². The first kappa shape index (κ1) is 15.3. The molecule has 0 spiro atoms. The van der Waals surface area contributed by atoms with Crippen LogP contribution in [0.25, 0.3) is 0 Å². The zero-order valence-electron chi connectivity index (χ0n) is 11.1. The summed E-state index contributed by atoms with van der Waals surface area (Å²) in [7, 11) is -0.982. The number of carboxylic acids is 1. The fourth-order valence-electron chi connectivity index (χ4n) is 1.53. The Bertz CT molecular complexity index is 588. The van der Waals surface area contributed by atoms with Gasteiger partial charge in [-0.05, 0) is 19.9 Å². The molecule has 19 heavy (non-hydrogen) atoms. The van der Waals surface area contributed by atoms with E-state index in [0.717, 1.165) is 6.07 Å². The second-order valence-corrected chi connectivity index (χ2v) is 6.61. The molecular formula is C12H16O6S. The summed E-state index contributed by atoms with van der Waals surface area (Å²) in [4.78, 5) is 11.1. The number of hydrogen-bond donors (Lipinski definition) is 1. The molecule has 0 aromatic heterocycles. The van der Waals surface area contributed by atoms with Crippen molar-refractivity contribution in [1.29, 1.82) is 0 Å². The van der Waals surface area contributed by atoms with E-state index >= 15 is 0 Å². The van der Waals surface area contributed by atoms with Crippen LogP contribution in [0.15, 0.2) is 17.0 Å². The fraction of sp³-hybridized carbons (Fsp3) is 0.417. The van der Waals surface area contributed by atoms with Crippen LogP contribution in [0.2, 0.25) is 0 Å². The van der Waals surface area contributed by atoms with E-state index in [4.69, 9.17) is 14.6 Å². The molecule has 0 heterocycles. The van der Waals surface area contributed by atoms with Crippen LogP contribution in [0, 0.1) is 0 Å². The predicted octanol–water partition coefficient (Wildman–Crippen LogP) is 1.58. The largest absolute Gasteiger partial charge is 0.493 e. The van der Waals surface area contributed by atoms with Crippen molar-refractivity contribution in [1.82, 2.24) is 0 Å². The van der Waals surface area contributed by atoms with Gasteiger partial charge in [-0.15, -0.1) is 0 Å². The van der Waals surface area contributed by atoms with Crippen LogP contribution >= 0.6 is 0 Å². The smallest absolute Gasteiger partial charge is 0.339 e. The van der Waals surface area contributed by atoms with Crippen molar-refractivity contribution in [3.05, 3.63) is 17.7 Å². The molecule has 0 atom stereocenters. The maximum Gasteiger partial charge on any atom is 0.339 e. The summed E-state index contributed by atoms with van der Waals surface area (Å²) in [6.45, 7) is 3.04. The van der Waals surface area contributed by atoms with Crippen LogP contribution in [0.3, 0.4) is 0 Å². The van der Waals surface area contributed by atoms with E-state index < -0.39 is 21.1 Å². The molecule has 0 aliphatic carbocycles. The van der Waals surface area contributed by atoms with Gasteiger partial charge in [0.1, 0.15) is 5.56 Å². The average Bonchev–Trinajstić information content (AvgIpc) is 2.36. The number of rotatable bonds is 5. The molecule has 0 saturated heterocycles. The predicted molar refractivity (Wildman–Crippen MR) is 68.8 cm³/mol. The second-order valence-electron chi connectivity index (χ2n) is 4.11. The van der Waals surface area contributed by atoms with Gasteiger partial charge in [-0.1, -0.05) is 0 Å². The fourth-order valence-corrected chi connectivity index (χ4v) is 2.63. The minimum absolute atomic E-state index is 0.00212. The average molecular weight is 288 g/mol. The standard InChI is InChI=1S/C12H16O6S/c1-7(2)19(15,16)8-5-9(12(13)14)11(18-4)10(6-8)17-3/h5-7H,1-4H3,(H,13,14). The highest BCUT2D eigenvalue weighted by Crippen LogP contribution is 2.35. The molecule has 0 radical (unpaired) electrons. The van der Waals surface area contributed by atoms with Gasteiger partial charge in [0.25, 0.3) is 0 Å². The van der Waals surface area contributed by atoms with E-state index in [1.807, 2.05) is 0 Å². The molecule has 0 amide bonds. The Kier molecular flexibility index (Phi) is 4.41. The monoisotopic (exact) mass is 288 g/mol. The topological polar surface area (TPSA) is 89.9 Å². The Morgan fingerprint density at radius 2 is 1.79 bits per heavy atom. The summed E-state index contributed by atoms with van der Waals surface area (Å²) in [6.07, 6.45) is 0. The second kappa shape index (κ2) is 5.48. The highest BCUT2D eigenvalue weighted by Gasteiger charge is 2.25. The molecule has 0 aliphatic rings. The Labute approximate surface area is 111 Å². The molecule has 7 heteroatoms.